The molecule has 0 aromatic heterocycles. The molecule has 3 atom stereocenters. The van der Waals surface area contributed by atoms with E-state index in [-0.39, 0.29) is 23.0 Å². The van der Waals surface area contributed by atoms with Gasteiger partial charge in [-0.1, -0.05) is 105 Å². The van der Waals surface area contributed by atoms with E-state index in [1.807, 2.05) is 13.0 Å². The number of benzene rings is 1. The highest BCUT2D eigenvalue weighted by atomic mass is 19.2. The van der Waals surface area contributed by atoms with Crippen LogP contribution in [0.2, 0.25) is 0 Å². The highest BCUT2D eigenvalue weighted by molar-refractivity contribution is 5.79. The van der Waals surface area contributed by atoms with Gasteiger partial charge in [-0.25, -0.2) is 17.6 Å². The van der Waals surface area contributed by atoms with E-state index in [4.69, 9.17) is 0 Å². The van der Waals surface area contributed by atoms with E-state index < -0.39 is 29.2 Å². The molecule has 196 valence electrons. The molecule has 0 radical (unpaired) electrons. The van der Waals surface area contributed by atoms with E-state index in [0.29, 0.717) is 24.8 Å². The van der Waals surface area contributed by atoms with Crippen LogP contribution in [0.3, 0.4) is 0 Å². The fourth-order valence-corrected chi connectivity index (χ4v) is 5.37. The number of halogens is 4. The van der Waals surface area contributed by atoms with Crippen LogP contribution < -0.4 is 0 Å². The molecular weight excluding hydrogens is 472 g/mol. The maximum atomic E-state index is 15.0. The lowest BCUT2D eigenvalue weighted by molar-refractivity contribution is 0.349. The number of hydrogen-bond donors (Lipinski definition) is 0. The van der Waals surface area contributed by atoms with Gasteiger partial charge in [0, 0.05) is 23.0 Å². The van der Waals surface area contributed by atoms with Crippen molar-refractivity contribution in [3.8, 4) is 0 Å². The first-order valence-corrected chi connectivity index (χ1v) is 13.6. The zero-order valence-corrected chi connectivity index (χ0v) is 21.8. The minimum Gasteiger partial charge on any atom is -0.208 e. The van der Waals surface area contributed by atoms with Gasteiger partial charge in [0.05, 0.1) is 0 Å². The Morgan fingerprint density at radius 3 is 2.27 bits per heavy atom. The quantitative estimate of drug-likeness (QED) is 0.291. The molecule has 0 saturated heterocycles. The molecule has 4 heteroatoms. The summed E-state index contributed by atoms with van der Waals surface area (Å²) < 4.78 is 59.1. The monoisotopic (exact) mass is 508 g/mol. The van der Waals surface area contributed by atoms with Gasteiger partial charge in [-0.15, -0.1) is 0 Å². The summed E-state index contributed by atoms with van der Waals surface area (Å²) >= 11 is 0. The average molecular weight is 509 g/mol. The summed E-state index contributed by atoms with van der Waals surface area (Å²) in [7, 11) is 0. The molecule has 3 aliphatic rings. The van der Waals surface area contributed by atoms with E-state index in [0.717, 1.165) is 37.7 Å². The second-order valence-electron chi connectivity index (χ2n) is 10.3. The average Bonchev–Trinajstić information content (AvgIpc) is 2.92. The van der Waals surface area contributed by atoms with Gasteiger partial charge in [0.2, 0.25) is 0 Å². The van der Waals surface area contributed by atoms with Crippen molar-refractivity contribution in [1.82, 2.24) is 0 Å². The van der Waals surface area contributed by atoms with Crippen LogP contribution in [0, 0.1) is 17.8 Å². The van der Waals surface area contributed by atoms with Crippen molar-refractivity contribution < 1.29 is 17.6 Å². The predicted octanol–water partition coefficient (Wildman–Crippen LogP) is 10.8. The van der Waals surface area contributed by atoms with E-state index in [1.165, 1.54) is 5.57 Å². The minimum atomic E-state index is -0.798. The molecule has 4 rings (SSSR count). The van der Waals surface area contributed by atoms with Crippen LogP contribution in [0.5, 0.6) is 0 Å². The third kappa shape index (κ3) is 6.34. The fraction of sp³-hybridized carbons (Fsp3) is 0.394. The SMILES string of the molecule is CCCCC1CC=C(c2ccc(/C=C/C3=CCC(C4C=CC(CCC)=CC4)C(F)=C3F)cc2)C(F)=C1F. The number of hydrogen-bond acceptors (Lipinski definition) is 0. The number of unbranched alkanes of at least 4 members (excludes halogenated alkanes) is 1. The molecule has 3 aliphatic carbocycles. The lowest BCUT2D eigenvalue weighted by Crippen LogP contribution is -2.18. The van der Waals surface area contributed by atoms with Crippen molar-refractivity contribution in [2.45, 2.75) is 65.2 Å². The molecule has 37 heavy (non-hydrogen) atoms. The Kier molecular flexibility index (Phi) is 9.23. The predicted molar refractivity (Wildman–Crippen MR) is 146 cm³/mol. The maximum Gasteiger partial charge on any atom is 0.162 e. The molecular formula is C33H36F4. The van der Waals surface area contributed by atoms with Gasteiger partial charge in [-0.3, -0.25) is 0 Å². The van der Waals surface area contributed by atoms with Crippen LogP contribution in [0.15, 0.2) is 95.2 Å². The Morgan fingerprint density at radius 1 is 0.811 bits per heavy atom. The summed E-state index contributed by atoms with van der Waals surface area (Å²) in [6, 6.07) is 7.02. The molecule has 0 bridgehead atoms. The maximum absolute atomic E-state index is 15.0. The van der Waals surface area contributed by atoms with Gasteiger partial charge in [-0.2, -0.15) is 0 Å². The van der Waals surface area contributed by atoms with Crippen LogP contribution in [0.4, 0.5) is 17.6 Å². The van der Waals surface area contributed by atoms with Gasteiger partial charge in [0.1, 0.15) is 11.7 Å². The molecule has 0 saturated carbocycles. The summed E-state index contributed by atoms with van der Waals surface area (Å²) in [6.07, 6.45) is 19.3. The molecule has 3 unspecified atom stereocenters. The smallest absolute Gasteiger partial charge is 0.162 e. The summed E-state index contributed by atoms with van der Waals surface area (Å²) in [6.45, 7) is 4.17. The van der Waals surface area contributed by atoms with Gasteiger partial charge >= 0.3 is 0 Å². The summed E-state index contributed by atoms with van der Waals surface area (Å²) in [4.78, 5) is 0. The van der Waals surface area contributed by atoms with Crippen LogP contribution in [-0.2, 0) is 0 Å². The third-order valence-corrected chi connectivity index (χ3v) is 7.64. The highest BCUT2D eigenvalue weighted by Gasteiger charge is 2.30. The molecule has 0 N–H and O–H groups in total. The van der Waals surface area contributed by atoms with Crippen LogP contribution in [0.1, 0.15) is 76.3 Å². The molecule has 0 fully saturated rings. The van der Waals surface area contributed by atoms with Crippen LogP contribution in [0.25, 0.3) is 11.6 Å². The number of rotatable bonds is 9. The van der Waals surface area contributed by atoms with Gasteiger partial charge in [0.15, 0.2) is 11.7 Å². The van der Waals surface area contributed by atoms with E-state index in [2.05, 4.69) is 19.1 Å². The molecule has 0 heterocycles. The standard InChI is InChI=1S/C33H36F4/c1-3-5-7-26-18-20-28(32(36)30(26)34)25-15-10-23(11-16-25)12-17-27-19-21-29(33(37)31(27)35)24-13-8-22(6-4-2)9-14-24/h8-13,15-17,19-20,24,26,29H,3-7,14,18,21H2,1-2H3/b17-12+. The molecule has 1 aromatic carbocycles. The zero-order valence-electron chi connectivity index (χ0n) is 21.8. The molecule has 0 amide bonds. The summed E-state index contributed by atoms with van der Waals surface area (Å²) in [5.74, 6) is -3.77. The minimum absolute atomic E-state index is 0.0315. The lowest BCUT2D eigenvalue weighted by Gasteiger charge is -2.27. The Labute approximate surface area is 218 Å². The molecule has 1 aromatic rings. The normalized spacial score (nSPS) is 24.5. The largest absolute Gasteiger partial charge is 0.208 e. The molecule has 0 aliphatic heterocycles. The zero-order chi connectivity index (χ0) is 26.4. The first-order valence-electron chi connectivity index (χ1n) is 13.6. The van der Waals surface area contributed by atoms with E-state index in [9.17, 15) is 17.6 Å². The van der Waals surface area contributed by atoms with Crippen molar-refractivity contribution in [3.05, 3.63) is 106 Å². The third-order valence-electron chi connectivity index (χ3n) is 7.64. The Balaban J connectivity index is 1.40. The van der Waals surface area contributed by atoms with Crippen molar-refractivity contribution in [2.75, 3.05) is 0 Å². The lowest BCUT2D eigenvalue weighted by atomic mass is 9.79. The molecule has 0 spiro atoms. The molecule has 0 nitrogen and oxygen atoms in total. The van der Waals surface area contributed by atoms with Gasteiger partial charge in [0.25, 0.3) is 0 Å². The van der Waals surface area contributed by atoms with E-state index >= 15 is 0 Å². The van der Waals surface area contributed by atoms with Gasteiger partial charge in [-0.05, 0) is 49.1 Å². The fourth-order valence-electron chi connectivity index (χ4n) is 5.37. The highest BCUT2D eigenvalue weighted by Crippen LogP contribution is 2.41. The summed E-state index contributed by atoms with van der Waals surface area (Å²) in [5.41, 5.74) is 3.16. The topological polar surface area (TPSA) is 0 Å². The van der Waals surface area contributed by atoms with Crippen molar-refractivity contribution in [2.24, 2.45) is 17.8 Å². The summed E-state index contributed by atoms with van der Waals surface area (Å²) in [5, 5.41) is 0. The van der Waals surface area contributed by atoms with E-state index in [1.54, 1.807) is 48.6 Å². The first-order chi connectivity index (χ1) is 17.9. The van der Waals surface area contributed by atoms with Crippen molar-refractivity contribution >= 4 is 11.6 Å². The first kappa shape index (κ1) is 27.2. The van der Waals surface area contributed by atoms with Crippen LogP contribution >= 0.6 is 0 Å². The number of allylic oxidation sites excluding steroid dienone is 13. The van der Waals surface area contributed by atoms with Crippen molar-refractivity contribution in [3.63, 3.8) is 0 Å². The Morgan fingerprint density at radius 2 is 1.59 bits per heavy atom. The second-order valence-corrected chi connectivity index (χ2v) is 10.3. The van der Waals surface area contributed by atoms with Gasteiger partial charge < -0.3 is 0 Å². The van der Waals surface area contributed by atoms with Crippen molar-refractivity contribution in [1.29, 1.82) is 0 Å². The second kappa shape index (κ2) is 12.6. The Bertz CT molecular complexity index is 1190. The Hall–Kier alpha value is -2.88. The van der Waals surface area contributed by atoms with Crippen LogP contribution in [-0.4, -0.2) is 0 Å².